The van der Waals surface area contributed by atoms with Crippen LogP contribution in [0.1, 0.15) is 30.5 Å². The van der Waals surface area contributed by atoms with Crippen molar-refractivity contribution in [2.24, 2.45) is 5.41 Å². The van der Waals surface area contributed by atoms with Gasteiger partial charge in [0.25, 0.3) is 0 Å². The van der Waals surface area contributed by atoms with E-state index in [0.29, 0.717) is 6.54 Å². The summed E-state index contributed by atoms with van der Waals surface area (Å²) in [6.07, 6.45) is 0.830. The minimum Gasteiger partial charge on any atom is -0.325 e. The van der Waals surface area contributed by atoms with Crippen LogP contribution in [0.2, 0.25) is 0 Å². The van der Waals surface area contributed by atoms with Gasteiger partial charge in [-0.3, -0.25) is 9.59 Å². The molecular formula is C21H24N2O2. The van der Waals surface area contributed by atoms with Crippen molar-refractivity contribution >= 4 is 23.2 Å². The highest BCUT2D eigenvalue weighted by molar-refractivity contribution is 6.15. The van der Waals surface area contributed by atoms with E-state index in [1.807, 2.05) is 56.3 Å². The predicted molar refractivity (Wildman–Crippen MR) is 101 cm³/mol. The van der Waals surface area contributed by atoms with Crippen LogP contribution in [0.25, 0.3) is 0 Å². The van der Waals surface area contributed by atoms with Gasteiger partial charge in [0.2, 0.25) is 11.8 Å². The fourth-order valence-corrected chi connectivity index (χ4v) is 3.27. The topological polar surface area (TPSA) is 49.4 Å². The van der Waals surface area contributed by atoms with E-state index in [2.05, 4.69) is 5.32 Å². The van der Waals surface area contributed by atoms with Crippen molar-refractivity contribution in [1.29, 1.82) is 0 Å². The van der Waals surface area contributed by atoms with Crippen LogP contribution in [0.5, 0.6) is 0 Å². The first-order valence-electron chi connectivity index (χ1n) is 8.60. The van der Waals surface area contributed by atoms with Gasteiger partial charge in [0, 0.05) is 17.9 Å². The average Bonchev–Trinajstić information content (AvgIpc) is 3.01. The minimum absolute atomic E-state index is 0.166. The third kappa shape index (κ3) is 3.04. The Labute approximate surface area is 148 Å². The number of carbonyl (C=O) groups excluding carboxylic acids is 2. The second-order valence-corrected chi connectivity index (χ2v) is 7.18. The number of amides is 2. The normalized spacial score (nSPS) is 13.5. The van der Waals surface area contributed by atoms with Gasteiger partial charge in [-0.05, 0) is 56.9 Å². The van der Waals surface area contributed by atoms with E-state index >= 15 is 0 Å². The summed E-state index contributed by atoms with van der Waals surface area (Å²) in [5, 5.41) is 2.96. The lowest BCUT2D eigenvalue weighted by Crippen LogP contribution is -2.47. The second kappa shape index (κ2) is 6.36. The molecule has 4 nitrogen and oxygen atoms in total. The molecule has 130 valence electrons. The fraction of sp³-hybridized carbons (Fsp3) is 0.333. The minimum atomic E-state index is -1.15. The molecule has 3 rings (SSSR count). The van der Waals surface area contributed by atoms with Crippen LogP contribution in [0.4, 0.5) is 11.4 Å². The van der Waals surface area contributed by atoms with Gasteiger partial charge in [-0.25, -0.2) is 0 Å². The Bertz CT molecular complexity index is 819. The number of rotatable bonds is 3. The highest BCUT2D eigenvalue weighted by Gasteiger charge is 2.41. The van der Waals surface area contributed by atoms with Crippen LogP contribution in [0, 0.1) is 19.3 Å². The van der Waals surface area contributed by atoms with Crippen molar-refractivity contribution in [2.45, 2.75) is 34.1 Å². The molecule has 0 spiro atoms. The maximum atomic E-state index is 13.1. The molecule has 0 saturated carbocycles. The largest absolute Gasteiger partial charge is 0.325 e. The molecule has 0 atom stereocenters. The molecule has 0 aromatic heterocycles. The molecule has 1 aliphatic rings. The van der Waals surface area contributed by atoms with Crippen molar-refractivity contribution in [3.63, 3.8) is 0 Å². The van der Waals surface area contributed by atoms with Crippen LogP contribution in [0.15, 0.2) is 42.5 Å². The van der Waals surface area contributed by atoms with E-state index in [-0.39, 0.29) is 11.8 Å². The van der Waals surface area contributed by atoms with E-state index in [0.717, 1.165) is 34.5 Å². The maximum absolute atomic E-state index is 13.1. The van der Waals surface area contributed by atoms with Crippen LogP contribution in [-0.2, 0) is 16.0 Å². The summed E-state index contributed by atoms with van der Waals surface area (Å²) in [7, 11) is 0. The monoisotopic (exact) mass is 336 g/mol. The standard InChI is InChI=1S/C21H24N2O2/c1-14-8-7-9-15(2)18(14)22-19(24)21(3,4)20(25)23-13-12-16-10-5-6-11-17(16)23/h5-11H,12-13H2,1-4H3,(H,22,24). The van der Waals surface area contributed by atoms with E-state index in [1.165, 1.54) is 0 Å². The lowest BCUT2D eigenvalue weighted by atomic mass is 9.89. The molecule has 25 heavy (non-hydrogen) atoms. The number of fused-ring (bicyclic) bond motifs is 1. The molecule has 4 heteroatoms. The molecule has 0 radical (unpaired) electrons. The Balaban J connectivity index is 1.84. The van der Waals surface area contributed by atoms with Crippen molar-refractivity contribution in [2.75, 3.05) is 16.8 Å². The zero-order valence-corrected chi connectivity index (χ0v) is 15.2. The van der Waals surface area contributed by atoms with Gasteiger partial charge in [-0.1, -0.05) is 36.4 Å². The summed E-state index contributed by atoms with van der Waals surface area (Å²) in [6, 6.07) is 13.7. The van der Waals surface area contributed by atoms with Gasteiger partial charge in [0.1, 0.15) is 5.41 Å². The highest BCUT2D eigenvalue weighted by atomic mass is 16.2. The van der Waals surface area contributed by atoms with Crippen molar-refractivity contribution in [3.05, 3.63) is 59.2 Å². The quantitative estimate of drug-likeness (QED) is 0.865. The molecule has 1 heterocycles. The van der Waals surface area contributed by atoms with Crippen LogP contribution in [0.3, 0.4) is 0 Å². The molecule has 1 aliphatic heterocycles. The van der Waals surface area contributed by atoms with Crippen LogP contribution < -0.4 is 10.2 Å². The number of nitrogens with one attached hydrogen (secondary N) is 1. The van der Waals surface area contributed by atoms with E-state index in [4.69, 9.17) is 0 Å². The van der Waals surface area contributed by atoms with Gasteiger partial charge in [-0.2, -0.15) is 0 Å². The summed E-state index contributed by atoms with van der Waals surface area (Å²) < 4.78 is 0. The average molecular weight is 336 g/mol. The number of benzene rings is 2. The Hall–Kier alpha value is -2.62. The summed E-state index contributed by atoms with van der Waals surface area (Å²) >= 11 is 0. The summed E-state index contributed by atoms with van der Waals surface area (Å²) in [6.45, 7) is 7.92. The van der Waals surface area contributed by atoms with Gasteiger partial charge in [0.15, 0.2) is 0 Å². The molecular weight excluding hydrogens is 312 g/mol. The van der Waals surface area contributed by atoms with Gasteiger partial charge < -0.3 is 10.2 Å². The Kier molecular flexibility index (Phi) is 4.38. The lowest BCUT2D eigenvalue weighted by molar-refractivity contribution is -0.136. The number of anilines is 2. The van der Waals surface area contributed by atoms with Crippen LogP contribution >= 0.6 is 0 Å². The van der Waals surface area contributed by atoms with Crippen molar-refractivity contribution in [3.8, 4) is 0 Å². The molecule has 0 unspecified atom stereocenters. The number of carbonyl (C=O) groups is 2. The number of aryl methyl sites for hydroxylation is 2. The lowest BCUT2D eigenvalue weighted by Gasteiger charge is -2.29. The van der Waals surface area contributed by atoms with Crippen molar-refractivity contribution in [1.82, 2.24) is 0 Å². The Morgan fingerprint density at radius 1 is 1.00 bits per heavy atom. The molecule has 0 bridgehead atoms. The first-order valence-corrected chi connectivity index (χ1v) is 8.60. The first kappa shape index (κ1) is 17.2. The third-order valence-electron chi connectivity index (χ3n) is 4.95. The van der Waals surface area contributed by atoms with Crippen LogP contribution in [-0.4, -0.2) is 18.4 Å². The summed E-state index contributed by atoms with van der Waals surface area (Å²) in [4.78, 5) is 27.7. The molecule has 1 N–H and O–H groups in total. The van der Waals surface area contributed by atoms with E-state index in [9.17, 15) is 9.59 Å². The smallest absolute Gasteiger partial charge is 0.242 e. The molecule has 2 aromatic carbocycles. The number of hydrogen-bond acceptors (Lipinski definition) is 2. The SMILES string of the molecule is Cc1cccc(C)c1NC(=O)C(C)(C)C(=O)N1CCc2ccccc21. The maximum Gasteiger partial charge on any atom is 0.242 e. The van der Waals surface area contributed by atoms with Crippen molar-refractivity contribution < 1.29 is 9.59 Å². The molecule has 2 aromatic rings. The molecule has 0 saturated heterocycles. The molecule has 0 aliphatic carbocycles. The van der Waals surface area contributed by atoms with Gasteiger partial charge >= 0.3 is 0 Å². The summed E-state index contributed by atoms with van der Waals surface area (Å²) in [5.74, 6) is -0.444. The Morgan fingerprint density at radius 2 is 1.64 bits per heavy atom. The highest BCUT2D eigenvalue weighted by Crippen LogP contribution is 2.33. The summed E-state index contributed by atoms with van der Waals surface area (Å²) in [5.41, 5.74) is 3.69. The van der Waals surface area contributed by atoms with E-state index in [1.54, 1.807) is 18.7 Å². The predicted octanol–water partition coefficient (Wildman–Crippen LogP) is 3.86. The first-order chi connectivity index (χ1) is 11.8. The second-order valence-electron chi connectivity index (χ2n) is 7.18. The Morgan fingerprint density at radius 3 is 2.32 bits per heavy atom. The molecule has 0 fully saturated rings. The fourth-order valence-electron chi connectivity index (χ4n) is 3.27. The van der Waals surface area contributed by atoms with E-state index < -0.39 is 5.41 Å². The number of para-hydroxylation sites is 2. The molecule has 2 amide bonds. The van der Waals surface area contributed by atoms with Gasteiger partial charge in [-0.15, -0.1) is 0 Å². The number of hydrogen-bond donors (Lipinski definition) is 1. The zero-order chi connectivity index (χ0) is 18.2. The zero-order valence-electron chi connectivity index (χ0n) is 15.2. The van der Waals surface area contributed by atoms with Gasteiger partial charge in [0.05, 0.1) is 0 Å². The number of nitrogens with zero attached hydrogens (tertiary/aromatic N) is 1. The third-order valence-corrected chi connectivity index (χ3v) is 4.95.